The Labute approximate surface area is 131 Å². The third-order valence-electron chi connectivity index (χ3n) is 3.42. The molecule has 2 unspecified atom stereocenters. The smallest absolute Gasteiger partial charge is 0.243 e. The summed E-state index contributed by atoms with van der Waals surface area (Å²) in [5.74, 6) is -0.130. The van der Waals surface area contributed by atoms with Gasteiger partial charge in [0.1, 0.15) is 0 Å². The van der Waals surface area contributed by atoms with Gasteiger partial charge >= 0.3 is 0 Å². The highest BCUT2D eigenvalue weighted by atomic mass is 32.1. The Balaban J connectivity index is 1.74. The van der Waals surface area contributed by atoms with Crippen molar-refractivity contribution in [2.45, 2.75) is 32.4 Å². The summed E-state index contributed by atoms with van der Waals surface area (Å²) in [6.07, 6.45) is 0.0103. The topological polar surface area (TPSA) is 74.2 Å². The Morgan fingerprint density at radius 3 is 2.86 bits per heavy atom. The molecule has 1 fully saturated rings. The molecule has 0 saturated carbocycles. The van der Waals surface area contributed by atoms with E-state index in [0.29, 0.717) is 18.1 Å². The van der Waals surface area contributed by atoms with Gasteiger partial charge in [-0.05, 0) is 32.4 Å². The number of aliphatic hydroxyl groups is 1. The number of thiazole rings is 1. The Hall–Kier alpha value is -1.28. The van der Waals surface area contributed by atoms with E-state index in [9.17, 15) is 9.90 Å². The molecule has 1 saturated heterocycles. The van der Waals surface area contributed by atoms with E-state index >= 15 is 0 Å². The molecule has 0 aliphatic carbocycles. The van der Waals surface area contributed by atoms with Crippen LogP contribution in [0.4, 0.5) is 5.13 Å². The largest absolute Gasteiger partial charge is 0.392 e. The molecule has 3 heterocycles. The summed E-state index contributed by atoms with van der Waals surface area (Å²) < 4.78 is 0. The van der Waals surface area contributed by atoms with Gasteiger partial charge in [0.2, 0.25) is 5.91 Å². The van der Waals surface area contributed by atoms with E-state index in [1.54, 1.807) is 11.3 Å². The molecule has 3 rings (SSSR count). The number of carbonyl (C=O) groups excluding carboxylic acids is 1. The van der Waals surface area contributed by atoms with Crippen molar-refractivity contribution in [3.63, 3.8) is 0 Å². The number of aromatic nitrogens is 1. The zero-order chi connectivity index (χ0) is 15.0. The van der Waals surface area contributed by atoms with Crippen LogP contribution in [-0.2, 0) is 4.79 Å². The average molecular weight is 323 g/mol. The standard InChI is InChI=1S/C14H17N3O2S2/c1-7-3-4-11(20-7)12-8(2)21-14(16-12)17-13(19)10-5-9(18)6-15-10/h3-4,9-10,15,18H,5-6H2,1-2H3,(H,16,17,19). The van der Waals surface area contributed by atoms with Gasteiger partial charge in [-0.1, -0.05) is 0 Å². The fourth-order valence-corrected chi connectivity index (χ4v) is 4.16. The SMILES string of the molecule is Cc1ccc(-c2nc(NC(=O)C3CC(O)CN3)sc2C)s1. The quantitative estimate of drug-likeness (QED) is 0.809. The van der Waals surface area contributed by atoms with Gasteiger partial charge < -0.3 is 15.7 Å². The first kappa shape index (κ1) is 14.6. The van der Waals surface area contributed by atoms with Crippen LogP contribution in [0.25, 0.3) is 10.6 Å². The Bertz CT molecular complexity index is 665. The van der Waals surface area contributed by atoms with Crippen LogP contribution in [0.3, 0.4) is 0 Å². The zero-order valence-electron chi connectivity index (χ0n) is 11.8. The summed E-state index contributed by atoms with van der Waals surface area (Å²) in [7, 11) is 0. The van der Waals surface area contributed by atoms with E-state index in [4.69, 9.17) is 0 Å². The van der Waals surface area contributed by atoms with Crippen LogP contribution in [0.5, 0.6) is 0 Å². The van der Waals surface area contributed by atoms with Crippen molar-refractivity contribution < 1.29 is 9.90 Å². The van der Waals surface area contributed by atoms with Gasteiger partial charge in [0.05, 0.1) is 22.7 Å². The van der Waals surface area contributed by atoms with Crippen molar-refractivity contribution >= 4 is 33.7 Å². The lowest BCUT2D eigenvalue weighted by atomic mass is 10.2. The van der Waals surface area contributed by atoms with Gasteiger partial charge in [0.15, 0.2) is 5.13 Å². The number of hydrogen-bond acceptors (Lipinski definition) is 6. The minimum absolute atomic E-state index is 0.130. The lowest BCUT2D eigenvalue weighted by Gasteiger charge is -2.08. The second-order valence-electron chi connectivity index (χ2n) is 5.17. The van der Waals surface area contributed by atoms with Gasteiger partial charge in [-0.15, -0.1) is 22.7 Å². The number of hydrogen-bond donors (Lipinski definition) is 3. The minimum atomic E-state index is -0.441. The predicted octanol–water partition coefficient (Wildman–Crippen LogP) is 2.15. The molecule has 2 aromatic heterocycles. The maximum absolute atomic E-state index is 12.1. The zero-order valence-corrected chi connectivity index (χ0v) is 13.5. The Kier molecular flexibility index (Phi) is 4.08. The number of thiophene rings is 1. The number of carbonyl (C=O) groups is 1. The second-order valence-corrected chi connectivity index (χ2v) is 7.66. The number of nitrogens with one attached hydrogen (secondary N) is 2. The summed E-state index contributed by atoms with van der Waals surface area (Å²) in [5, 5.41) is 15.9. The van der Waals surface area contributed by atoms with Crippen LogP contribution < -0.4 is 10.6 Å². The lowest BCUT2D eigenvalue weighted by molar-refractivity contribution is -0.117. The van der Waals surface area contributed by atoms with Crippen molar-refractivity contribution in [3.8, 4) is 10.6 Å². The number of aliphatic hydroxyl groups excluding tert-OH is 1. The van der Waals surface area contributed by atoms with E-state index < -0.39 is 6.10 Å². The van der Waals surface area contributed by atoms with Gasteiger partial charge in [0.25, 0.3) is 0 Å². The first-order valence-corrected chi connectivity index (χ1v) is 8.43. The highest BCUT2D eigenvalue weighted by Crippen LogP contribution is 2.34. The summed E-state index contributed by atoms with van der Waals surface area (Å²) in [6, 6.07) is 3.79. The summed E-state index contributed by atoms with van der Waals surface area (Å²) >= 11 is 3.18. The van der Waals surface area contributed by atoms with Crippen LogP contribution in [0.15, 0.2) is 12.1 Å². The summed E-state index contributed by atoms with van der Waals surface area (Å²) in [5.41, 5.74) is 0.938. The first-order valence-electron chi connectivity index (χ1n) is 6.79. The highest BCUT2D eigenvalue weighted by Gasteiger charge is 2.28. The van der Waals surface area contributed by atoms with Crippen molar-refractivity contribution in [2.75, 3.05) is 11.9 Å². The highest BCUT2D eigenvalue weighted by molar-refractivity contribution is 7.18. The summed E-state index contributed by atoms with van der Waals surface area (Å²) in [4.78, 5) is 20.1. The molecule has 2 aromatic rings. The molecule has 112 valence electrons. The molecule has 1 amide bonds. The fourth-order valence-electron chi connectivity index (χ4n) is 2.35. The van der Waals surface area contributed by atoms with Gasteiger partial charge in [-0.2, -0.15) is 0 Å². The number of nitrogens with zero attached hydrogens (tertiary/aromatic N) is 1. The van der Waals surface area contributed by atoms with Crippen molar-refractivity contribution in [1.82, 2.24) is 10.3 Å². The Morgan fingerprint density at radius 2 is 2.24 bits per heavy atom. The molecule has 1 aliphatic rings. The minimum Gasteiger partial charge on any atom is -0.392 e. The van der Waals surface area contributed by atoms with E-state index in [-0.39, 0.29) is 11.9 Å². The van der Waals surface area contributed by atoms with Crippen LogP contribution in [0, 0.1) is 13.8 Å². The number of anilines is 1. The molecule has 0 radical (unpaired) electrons. The number of β-amino-alcohol motifs (C(OH)–C–C–N with tert-alkyl or cyclic N) is 1. The average Bonchev–Trinajstić information content (AvgIpc) is 3.11. The van der Waals surface area contributed by atoms with Crippen molar-refractivity contribution in [3.05, 3.63) is 21.9 Å². The van der Waals surface area contributed by atoms with E-state index in [2.05, 4.69) is 34.7 Å². The van der Waals surface area contributed by atoms with Crippen LogP contribution in [0.2, 0.25) is 0 Å². The maximum Gasteiger partial charge on any atom is 0.243 e. The van der Waals surface area contributed by atoms with Crippen LogP contribution in [0.1, 0.15) is 16.2 Å². The van der Waals surface area contributed by atoms with Crippen molar-refractivity contribution in [2.24, 2.45) is 0 Å². The van der Waals surface area contributed by atoms with Gasteiger partial charge in [-0.25, -0.2) is 4.98 Å². The molecule has 21 heavy (non-hydrogen) atoms. The van der Waals surface area contributed by atoms with Crippen LogP contribution >= 0.6 is 22.7 Å². The van der Waals surface area contributed by atoms with Gasteiger partial charge in [0, 0.05) is 16.3 Å². The van der Waals surface area contributed by atoms with Crippen molar-refractivity contribution in [1.29, 1.82) is 0 Å². The molecule has 1 aliphatic heterocycles. The monoisotopic (exact) mass is 323 g/mol. The number of aryl methyl sites for hydroxylation is 2. The fraction of sp³-hybridized carbons (Fsp3) is 0.429. The molecule has 5 nitrogen and oxygen atoms in total. The molecule has 7 heteroatoms. The molecule has 0 bridgehead atoms. The molecular formula is C14H17N3O2S2. The number of rotatable bonds is 3. The maximum atomic E-state index is 12.1. The van der Waals surface area contributed by atoms with E-state index in [0.717, 1.165) is 15.4 Å². The molecule has 2 atom stereocenters. The second kappa shape index (κ2) is 5.84. The molecule has 0 aromatic carbocycles. The van der Waals surface area contributed by atoms with Gasteiger partial charge in [-0.3, -0.25) is 4.79 Å². The Morgan fingerprint density at radius 1 is 1.43 bits per heavy atom. The molecule has 3 N–H and O–H groups in total. The molecular weight excluding hydrogens is 306 g/mol. The molecule has 0 spiro atoms. The third kappa shape index (κ3) is 3.16. The van der Waals surface area contributed by atoms with E-state index in [1.165, 1.54) is 16.2 Å². The lowest BCUT2D eigenvalue weighted by Crippen LogP contribution is -2.35. The first-order chi connectivity index (χ1) is 10.0. The number of amides is 1. The normalized spacial score (nSPS) is 21.7. The van der Waals surface area contributed by atoms with Crippen LogP contribution in [-0.4, -0.2) is 34.7 Å². The third-order valence-corrected chi connectivity index (χ3v) is 5.32. The van der Waals surface area contributed by atoms with E-state index in [1.807, 2.05) is 6.92 Å². The summed E-state index contributed by atoms with van der Waals surface area (Å²) in [6.45, 7) is 4.54. The predicted molar refractivity (Wildman–Crippen MR) is 85.9 cm³/mol.